The zero-order valence-electron chi connectivity index (χ0n) is 20.3. The van der Waals surface area contributed by atoms with Crippen molar-refractivity contribution >= 4 is 17.5 Å². The predicted octanol–water partition coefficient (Wildman–Crippen LogP) is 4.47. The van der Waals surface area contributed by atoms with Crippen LogP contribution in [-0.4, -0.2) is 61.4 Å². The van der Waals surface area contributed by atoms with Gasteiger partial charge in [-0.2, -0.15) is 0 Å². The molecule has 6 heteroatoms. The van der Waals surface area contributed by atoms with Crippen molar-refractivity contribution in [1.29, 1.82) is 0 Å². The molecule has 182 valence electrons. The molecule has 0 atom stereocenters. The van der Waals surface area contributed by atoms with Gasteiger partial charge in [-0.1, -0.05) is 54.6 Å². The molecule has 0 unspecified atom stereocenters. The third kappa shape index (κ3) is 7.17. The highest BCUT2D eigenvalue weighted by molar-refractivity contribution is 5.92. The minimum atomic E-state index is -0.0308. The fraction of sp³-hybridized carbons (Fsp3) is 0.310. The maximum absolute atomic E-state index is 12.8. The number of hydrogen-bond donors (Lipinski definition) is 1. The van der Waals surface area contributed by atoms with E-state index in [1.165, 1.54) is 0 Å². The zero-order chi connectivity index (χ0) is 24.5. The van der Waals surface area contributed by atoms with E-state index in [2.05, 4.69) is 22.3 Å². The van der Waals surface area contributed by atoms with Gasteiger partial charge in [-0.05, 0) is 53.8 Å². The molecule has 3 aromatic carbocycles. The van der Waals surface area contributed by atoms with E-state index >= 15 is 0 Å². The summed E-state index contributed by atoms with van der Waals surface area (Å²) in [6.07, 6.45) is 2.08. The monoisotopic (exact) mass is 471 g/mol. The maximum atomic E-state index is 12.8. The second-order valence-corrected chi connectivity index (χ2v) is 8.85. The van der Waals surface area contributed by atoms with Gasteiger partial charge < -0.3 is 15.0 Å². The predicted molar refractivity (Wildman–Crippen MR) is 139 cm³/mol. The van der Waals surface area contributed by atoms with Crippen LogP contribution in [-0.2, 0) is 16.0 Å². The molecule has 0 bridgehead atoms. The largest absolute Gasteiger partial charge is 0.497 e. The molecule has 0 saturated carbocycles. The molecule has 0 radical (unpaired) electrons. The summed E-state index contributed by atoms with van der Waals surface area (Å²) in [5.74, 6) is 0.961. The summed E-state index contributed by atoms with van der Waals surface area (Å²) in [6, 6.07) is 25.9. The van der Waals surface area contributed by atoms with Gasteiger partial charge >= 0.3 is 0 Å². The highest BCUT2D eigenvalue weighted by Gasteiger charge is 2.20. The fourth-order valence-electron chi connectivity index (χ4n) is 4.36. The van der Waals surface area contributed by atoms with E-state index in [0.717, 1.165) is 47.6 Å². The van der Waals surface area contributed by atoms with Crippen LogP contribution in [0.4, 0.5) is 5.69 Å². The summed E-state index contributed by atoms with van der Waals surface area (Å²) in [5.41, 5.74) is 4.19. The van der Waals surface area contributed by atoms with Crippen LogP contribution in [0.5, 0.6) is 5.75 Å². The lowest BCUT2D eigenvalue weighted by molar-refractivity contribution is -0.131. The van der Waals surface area contributed by atoms with E-state index in [1.807, 2.05) is 71.6 Å². The summed E-state index contributed by atoms with van der Waals surface area (Å²) < 4.78 is 5.19. The van der Waals surface area contributed by atoms with Gasteiger partial charge in [0.1, 0.15) is 5.75 Å². The minimum absolute atomic E-state index is 0.0308. The van der Waals surface area contributed by atoms with Crippen molar-refractivity contribution in [3.8, 4) is 16.9 Å². The van der Waals surface area contributed by atoms with Gasteiger partial charge in [0.05, 0.1) is 13.7 Å². The highest BCUT2D eigenvalue weighted by Crippen LogP contribution is 2.21. The first kappa shape index (κ1) is 24.5. The van der Waals surface area contributed by atoms with Crippen LogP contribution in [0.2, 0.25) is 0 Å². The first-order valence-electron chi connectivity index (χ1n) is 12.2. The Bertz CT molecular complexity index is 1100. The van der Waals surface area contributed by atoms with Crippen molar-refractivity contribution in [1.82, 2.24) is 9.80 Å². The third-order valence-electron chi connectivity index (χ3n) is 6.37. The molecule has 1 saturated heterocycles. The second kappa shape index (κ2) is 12.2. The summed E-state index contributed by atoms with van der Waals surface area (Å²) >= 11 is 0. The number of aryl methyl sites for hydroxylation is 1. The van der Waals surface area contributed by atoms with Gasteiger partial charge in [0.2, 0.25) is 11.8 Å². The normalized spacial score (nSPS) is 14.3. The number of nitrogens with zero attached hydrogens (tertiary/aromatic N) is 2. The molecule has 0 aliphatic carbocycles. The van der Waals surface area contributed by atoms with E-state index in [4.69, 9.17) is 4.74 Å². The van der Waals surface area contributed by atoms with Crippen LogP contribution >= 0.6 is 0 Å². The van der Waals surface area contributed by atoms with Gasteiger partial charge in [0, 0.05) is 38.3 Å². The average Bonchev–Trinajstić information content (AvgIpc) is 3.14. The molecule has 1 fully saturated rings. The number of hydrogen-bond acceptors (Lipinski definition) is 4. The number of carbonyl (C=O) groups is 2. The average molecular weight is 472 g/mol. The van der Waals surface area contributed by atoms with E-state index in [0.29, 0.717) is 32.5 Å². The van der Waals surface area contributed by atoms with E-state index < -0.39 is 0 Å². The molecular weight excluding hydrogens is 438 g/mol. The lowest BCUT2D eigenvalue weighted by Crippen LogP contribution is -2.38. The smallest absolute Gasteiger partial charge is 0.238 e. The van der Waals surface area contributed by atoms with Crippen molar-refractivity contribution in [3.05, 3.63) is 84.4 Å². The van der Waals surface area contributed by atoms with E-state index in [-0.39, 0.29) is 11.8 Å². The van der Waals surface area contributed by atoms with Crippen LogP contribution in [0.1, 0.15) is 18.4 Å². The Kier molecular flexibility index (Phi) is 8.52. The lowest BCUT2D eigenvalue weighted by Gasteiger charge is -2.22. The summed E-state index contributed by atoms with van der Waals surface area (Å²) in [7, 11) is 1.65. The molecule has 3 aromatic rings. The van der Waals surface area contributed by atoms with Crippen LogP contribution in [0.25, 0.3) is 11.1 Å². The maximum Gasteiger partial charge on any atom is 0.238 e. The second-order valence-electron chi connectivity index (χ2n) is 8.85. The SMILES string of the molecule is COc1ccc(CCC(=O)N2CCCN(CC(=O)Nc3ccc(-c4ccccc4)cc3)CC2)cc1. The molecule has 0 aromatic heterocycles. The third-order valence-corrected chi connectivity index (χ3v) is 6.37. The Labute approximate surface area is 207 Å². The van der Waals surface area contributed by atoms with Crippen molar-refractivity contribution in [2.24, 2.45) is 0 Å². The number of anilines is 1. The molecule has 4 rings (SSSR count). The number of carbonyl (C=O) groups excluding carboxylic acids is 2. The Balaban J connectivity index is 1.21. The Hall–Kier alpha value is -3.64. The van der Waals surface area contributed by atoms with Gasteiger partial charge in [0.25, 0.3) is 0 Å². The first-order valence-corrected chi connectivity index (χ1v) is 12.2. The number of methoxy groups -OCH3 is 1. The van der Waals surface area contributed by atoms with Gasteiger partial charge in [-0.15, -0.1) is 0 Å². The molecule has 35 heavy (non-hydrogen) atoms. The zero-order valence-corrected chi connectivity index (χ0v) is 20.3. The Morgan fingerprint density at radius 2 is 1.54 bits per heavy atom. The molecule has 1 N–H and O–H groups in total. The number of nitrogens with one attached hydrogen (secondary N) is 1. The quantitative estimate of drug-likeness (QED) is 0.527. The molecule has 6 nitrogen and oxygen atoms in total. The number of benzene rings is 3. The van der Waals surface area contributed by atoms with Crippen LogP contribution in [0.3, 0.4) is 0 Å². The molecular formula is C29H33N3O3. The standard InChI is InChI=1S/C29H33N3O3/c1-35-27-15-8-23(9-16-27)10-17-29(34)32-19-5-18-31(20-21-32)22-28(33)30-26-13-11-25(12-14-26)24-6-3-2-4-7-24/h2-4,6-9,11-16H,5,10,17-22H2,1H3,(H,30,33). The summed E-state index contributed by atoms with van der Waals surface area (Å²) in [4.78, 5) is 29.4. The van der Waals surface area contributed by atoms with Crippen molar-refractivity contribution < 1.29 is 14.3 Å². The van der Waals surface area contributed by atoms with Crippen molar-refractivity contribution in [2.45, 2.75) is 19.3 Å². The number of amides is 2. The van der Waals surface area contributed by atoms with E-state index in [1.54, 1.807) is 7.11 Å². The van der Waals surface area contributed by atoms with Gasteiger partial charge in [-0.3, -0.25) is 14.5 Å². The molecule has 0 spiro atoms. The van der Waals surface area contributed by atoms with Gasteiger partial charge in [-0.25, -0.2) is 0 Å². The first-order chi connectivity index (χ1) is 17.1. The number of rotatable bonds is 8. The molecule has 1 heterocycles. The summed E-state index contributed by atoms with van der Waals surface area (Å²) in [5, 5.41) is 3.00. The van der Waals surface area contributed by atoms with Crippen LogP contribution in [0, 0.1) is 0 Å². The van der Waals surface area contributed by atoms with Crippen molar-refractivity contribution in [3.63, 3.8) is 0 Å². The van der Waals surface area contributed by atoms with Crippen molar-refractivity contribution in [2.75, 3.05) is 45.2 Å². The van der Waals surface area contributed by atoms with Gasteiger partial charge in [0.15, 0.2) is 0 Å². The highest BCUT2D eigenvalue weighted by atomic mass is 16.5. The minimum Gasteiger partial charge on any atom is -0.497 e. The molecule has 1 aliphatic heterocycles. The van der Waals surface area contributed by atoms with Crippen LogP contribution < -0.4 is 10.1 Å². The lowest BCUT2D eigenvalue weighted by atomic mass is 10.1. The van der Waals surface area contributed by atoms with E-state index in [9.17, 15) is 9.59 Å². The number of ether oxygens (including phenoxy) is 1. The van der Waals surface area contributed by atoms with Crippen LogP contribution in [0.15, 0.2) is 78.9 Å². The topological polar surface area (TPSA) is 61.9 Å². The molecule has 2 amide bonds. The molecule has 1 aliphatic rings. The summed E-state index contributed by atoms with van der Waals surface area (Å²) in [6.45, 7) is 3.23. The fourth-order valence-corrected chi connectivity index (χ4v) is 4.36. The Morgan fingerprint density at radius 3 is 2.26 bits per heavy atom. The Morgan fingerprint density at radius 1 is 0.829 bits per heavy atom.